The standard InChI is InChI=1S/C21H19N3O5/c1-12-4-7-18-15(8-12)9-17(14(3)22-18)21(26)29-11-20(25)23-19-10-16(24(27)28)6-5-13(19)2/h4-10H,11H2,1-3H3,(H,23,25). The van der Waals surface area contributed by atoms with Gasteiger partial charge in [-0.05, 0) is 44.5 Å². The van der Waals surface area contributed by atoms with Crippen molar-refractivity contribution in [2.24, 2.45) is 0 Å². The Morgan fingerprint density at radius 3 is 2.59 bits per heavy atom. The lowest BCUT2D eigenvalue weighted by Crippen LogP contribution is -2.22. The number of nitro groups is 1. The van der Waals surface area contributed by atoms with E-state index in [0.717, 1.165) is 16.5 Å². The number of nitrogens with zero attached hydrogens (tertiary/aromatic N) is 2. The summed E-state index contributed by atoms with van der Waals surface area (Å²) in [5.74, 6) is -1.26. The van der Waals surface area contributed by atoms with Crippen molar-refractivity contribution in [2.45, 2.75) is 20.8 Å². The molecule has 1 amide bonds. The SMILES string of the molecule is Cc1ccc2nc(C)c(C(=O)OCC(=O)Nc3cc([N+](=O)[O-])ccc3C)cc2c1. The number of aromatic nitrogens is 1. The van der Waals surface area contributed by atoms with Crippen molar-refractivity contribution >= 4 is 34.2 Å². The summed E-state index contributed by atoms with van der Waals surface area (Å²) in [4.78, 5) is 39.3. The Bertz CT molecular complexity index is 1140. The average molecular weight is 393 g/mol. The molecule has 8 heteroatoms. The van der Waals surface area contributed by atoms with Gasteiger partial charge >= 0.3 is 5.97 Å². The normalized spacial score (nSPS) is 10.6. The van der Waals surface area contributed by atoms with E-state index in [1.165, 1.54) is 18.2 Å². The fourth-order valence-electron chi connectivity index (χ4n) is 2.85. The number of pyridine rings is 1. The van der Waals surface area contributed by atoms with Crippen LogP contribution in [0.15, 0.2) is 42.5 Å². The van der Waals surface area contributed by atoms with Gasteiger partial charge in [0.2, 0.25) is 0 Å². The number of rotatable bonds is 5. The van der Waals surface area contributed by atoms with E-state index in [9.17, 15) is 19.7 Å². The van der Waals surface area contributed by atoms with Crippen LogP contribution in [-0.4, -0.2) is 28.4 Å². The highest BCUT2D eigenvalue weighted by Gasteiger charge is 2.16. The van der Waals surface area contributed by atoms with Crippen molar-refractivity contribution in [1.29, 1.82) is 0 Å². The number of ether oxygens (including phenoxy) is 1. The number of esters is 1. The molecule has 1 aromatic heterocycles. The molecule has 0 saturated heterocycles. The number of amides is 1. The zero-order valence-corrected chi connectivity index (χ0v) is 16.2. The van der Waals surface area contributed by atoms with Crippen LogP contribution in [-0.2, 0) is 9.53 Å². The zero-order chi connectivity index (χ0) is 21.1. The van der Waals surface area contributed by atoms with Crippen LogP contribution in [0.25, 0.3) is 10.9 Å². The third-order valence-electron chi connectivity index (χ3n) is 4.42. The van der Waals surface area contributed by atoms with Crippen LogP contribution in [0.5, 0.6) is 0 Å². The molecule has 0 fully saturated rings. The minimum Gasteiger partial charge on any atom is -0.452 e. The van der Waals surface area contributed by atoms with Crippen molar-refractivity contribution in [3.05, 3.63) is 75.0 Å². The van der Waals surface area contributed by atoms with E-state index in [0.29, 0.717) is 16.9 Å². The van der Waals surface area contributed by atoms with Gasteiger partial charge in [-0.1, -0.05) is 17.7 Å². The maximum absolute atomic E-state index is 12.4. The summed E-state index contributed by atoms with van der Waals surface area (Å²) in [7, 11) is 0. The lowest BCUT2D eigenvalue weighted by molar-refractivity contribution is -0.384. The van der Waals surface area contributed by atoms with Crippen LogP contribution in [0.1, 0.15) is 27.2 Å². The van der Waals surface area contributed by atoms with Gasteiger partial charge in [0.05, 0.1) is 27.4 Å². The second-order valence-electron chi connectivity index (χ2n) is 6.70. The number of fused-ring (bicyclic) bond motifs is 1. The number of anilines is 1. The molecule has 0 radical (unpaired) electrons. The first kappa shape index (κ1) is 19.9. The molecule has 0 aliphatic rings. The van der Waals surface area contributed by atoms with Gasteiger partial charge in [-0.3, -0.25) is 19.9 Å². The van der Waals surface area contributed by atoms with Crippen molar-refractivity contribution < 1.29 is 19.2 Å². The quantitative estimate of drug-likeness (QED) is 0.400. The van der Waals surface area contributed by atoms with E-state index in [2.05, 4.69) is 10.3 Å². The second-order valence-corrected chi connectivity index (χ2v) is 6.70. The van der Waals surface area contributed by atoms with Crippen molar-refractivity contribution in [3.63, 3.8) is 0 Å². The van der Waals surface area contributed by atoms with Gasteiger partial charge in [-0.15, -0.1) is 0 Å². The molecular weight excluding hydrogens is 374 g/mol. The van der Waals surface area contributed by atoms with E-state index < -0.39 is 23.4 Å². The predicted octanol–water partition coefficient (Wildman–Crippen LogP) is 3.86. The van der Waals surface area contributed by atoms with Crippen LogP contribution in [0.2, 0.25) is 0 Å². The Labute approximate surface area is 166 Å². The number of carbonyl (C=O) groups is 2. The smallest absolute Gasteiger partial charge is 0.340 e. The van der Waals surface area contributed by atoms with Gasteiger partial charge in [0.15, 0.2) is 6.61 Å². The van der Waals surface area contributed by atoms with Crippen LogP contribution in [0, 0.1) is 30.9 Å². The maximum Gasteiger partial charge on any atom is 0.340 e. The molecule has 0 spiro atoms. The number of hydrogen-bond donors (Lipinski definition) is 1. The number of carbonyl (C=O) groups excluding carboxylic acids is 2. The minimum absolute atomic E-state index is 0.143. The Morgan fingerprint density at radius 1 is 1.10 bits per heavy atom. The molecule has 3 rings (SSSR count). The van der Waals surface area contributed by atoms with E-state index in [-0.39, 0.29) is 11.3 Å². The second kappa shape index (κ2) is 8.05. The molecule has 0 atom stereocenters. The van der Waals surface area contributed by atoms with Gasteiger partial charge in [0.1, 0.15) is 0 Å². The molecular formula is C21H19N3O5. The molecule has 148 valence electrons. The highest BCUT2D eigenvalue weighted by Crippen LogP contribution is 2.22. The topological polar surface area (TPSA) is 111 Å². The molecule has 29 heavy (non-hydrogen) atoms. The van der Waals surface area contributed by atoms with Crippen LogP contribution in [0.4, 0.5) is 11.4 Å². The first-order valence-electron chi connectivity index (χ1n) is 8.84. The monoisotopic (exact) mass is 393 g/mol. The molecule has 0 aliphatic carbocycles. The Balaban J connectivity index is 1.70. The van der Waals surface area contributed by atoms with Crippen LogP contribution < -0.4 is 5.32 Å². The molecule has 1 N–H and O–H groups in total. The third kappa shape index (κ3) is 4.55. The van der Waals surface area contributed by atoms with Gasteiger partial charge < -0.3 is 10.1 Å². The summed E-state index contributed by atoms with van der Waals surface area (Å²) in [5.41, 5.74) is 3.39. The molecule has 0 bridgehead atoms. The Morgan fingerprint density at radius 2 is 1.86 bits per heavy atom. The highest BCUT2D eigenvalue weighted by molar-refractivity contribution is 5.98. The summed E-state index contributed by atoms with van der Waals surface area (Å²) in [6.07, 6.45) is 0. The van der Waals surface area contributed by atoms with Gasteiger partial charge in [0.25, 0.3) is 11.6 Å². The molecule has 0 unspecified atom stereocenters. The number of aryl methyl sites for hydroxylation is 3. The number of hydrogen-bond acceptors (Lipinski definition) is 6. The third-order valence-corrected chi connectivity index (χ3v) is 4.42. The summed E-state index contributed by atoms with van der Waals surface area (Å²) >= 11 is 0. The van der Waals surface area contributed by atoms with Crippen LogP contribution in [0.3, 0.4) is 0 Å². The van der Waals surface area contributed by atoms with Gasteiger partial charge in [0, 0.05) is 17.5 Å². The number of nitro benzene ring substituents is 1. The summed E-state index contributed by atoms with van der Waals surface area (Å²) in [6.45, 7) is 4.82. The summed E-state index contributed by atoms with van der Waals surface area (Å²) < 4.78 is 5.11. The maximum atomic E-state index is 12.4. The van der Waals surface area contributed by atoms with Crippen molar-refractivity contribution in [3.8, 4) is 0 Å². The number of non-ortho nitro benzene ring substituents is 1. The summed E-state index contributed by atoms with van der Waals surface area (Å²) in [6, 6.07) is 11.6. The molecule has 3 aromatic rings. The molecule has 0 saturated carbocycles. The lowest BCUT2D eigenvalue weighted by Gasteiger charge is -2.10. The van der Waals surface area contributed by atoms with E-state index in [1.54, 1.807) is 19.9 Å². The van der Waals surface area contributed by atoms with E-state index in [1.807, 2.05) is 25.1 Å². The number of benzene rings is 2. The minimum atomic E-state index is -0.663. The Hall–Kier alpha value is -3.81. The largest absolute Gasteiger partial charge is 0.452 e. The van der Waals surface area contributed by atoms with Gasteiger partial charge in [-0.25, -0.2) is 4.79 Å². The lowest BCUT2D eigenvalue weighted by atomic mass is 10.1. The average Bonchev–Trinajstić information content (AvgIpc) is 2.67. The highest BCUT2D eigenvalue weighted by atomic mass is 16.6. The van der Waals surface area contributed by atoms with E-state index >= 15 is 0 Å². The van der Waals surface area contributed by atoms with Gasteiger partial charge in [-0.2, -0.15) is 0 Å². The van der Waals surface area contributed by atoms with Crippen molar-refractivity contribution in [2.75, 3.05) is 11.9 Å². The fourth-order valence-corrected chi connectivity index (χ4v) is 2.85. The van der Waals surface area contributed by atoms with Crippen LogP contribution >= 0.6 is 0 Å². The molecule has 8 nitrogen and oxygen atoms in total. The first-order chi connectivity index (χ1) is 13.7. The summed E-state index contributed by atoms with van der Waals surface area (Å²) in [5, 5.41) is 14.2. The predicted molar refractivity (Wildman–Crippen MR) is 108 cm³/mol. The molecule has 2 aromatic carbocycles. The van der Waals surface area contributed by atoms with E-state index in [4.69, 9.17) is 4.74 Å². The first-order valence-corrected chi connectivity index (χ1v) is 8.84. The fraction of sp³-hybridized carbons (Fsp3) is 0.190. The molecule has 0 aliphatic heterocycles. The zero-order valence-electron chi connectivity index (χ0n) is 16.2. The number of nitrogens with one attached hydrogen (secondary N) is 1. The van der Waals surface area contributed by atoms with Crippen molar-refractivity contribution in [1.82, 2.24) is 4.98 Å². The Kier molecular flexibility index (Phi) is 5.54. The molecule has 1 heterocycles.